The van der Waals surface area contributed by atoms with Gasteiger partial charge in [0.05, 0.1) is 0 Å². The molecule has 0 aromatic heterocycles. The molecule has 1 heterocycles. The Kier molecular flexibility index (Phi) is 3.72. The summed E-state index contributed by atoms with van der Waals surface area (Å²) in [4.78, 5) is 2.43. The third-order valence-corrected chi connectivity index (χ3v) is 7.46. The van der Waals surface area contributed by atoms with E-state index in [4.69, 9.17) is 11.6 Å². The summed E-state index contributed by atoms with van der Waals surface area (Å²) in [7, 11) is -0.998. The lowest BCUT2D eigenvalue weighted by molar-refractivity contribution is 1.03. The number of nitrogens with zero attached hydrogens (tertiary/aromatic N) is 1. The fourth-order valence-electron chi connectivity index (χ4n) is 3.38. The van der Waals surface area contributed by atoms with Gasteiger partial charge in [-0.1, -0.05) is 65.3 Å². The van der Waals surface area contributed by atoms with Crippen LogP contribution in [0, 0.1) is 0 Å². The van der Waals surface area contributed by atoms with Gasteiger partial charge in [-0.3, -0.25) is 0 Å². The summed E-state index contributed by atoms with van der Waals surface area (Å²) in [5.74, 6) is 0. The van der Waals surface area contributed by atoms with E-state index >= 15 is 0 Å². The van der Waals surface area contributed by atoms with Gasteiger partial charge in [0, 0.05) is 22.9 Å². The topological polar surface area (TPSA) is 3.24 Å². The van der Waals surface area contributed by atoms with Gasteiger partial charge in [0.1, 0.15) is 0 Å². The first-order valence-electron chi connectivity index (χ1n) is 7.89. The van der Waals surface area contributed by atoms with E-state index in [0.717, 1.165) is 11.6 Å². The lowest BCUT2D eigenvalue weighted by atomic mass is 10.2. The normalized spacial score (nSPS) is 13.6. The average molecular weight is 335 g/mol. The van der Waals surface area contributed by atoms with Crippen LogP contribution in [0.3, 0.4) is 0 Å². The quantitative estimate of drug-likeness (QED) is 0.650. The molecular weight excluding hydrogens is 318 g/mol. The Hall–Kier alpha value is -2.03. The van der Waals surface area contributed by atoms with Gasteiger partial charge >= 0.3 is 0 Å². The van der Waals surface area contributed by atoms with E-state index in [1.54, 1.807) is 0 Å². The highest BCUT2D eigenvalue weighted by Crippen LogP contribution is 2.27. The lowest BCUT2D eigenvalue weighted by Crippen LogP contribution is -2.57. The summed E-state index contributed by atoms with van der Waals surface area (Å²) >= 11 is 6.10. The highest BCUT2D eigenvalue weighted by molar-refractivity contribution is 6.97. The molecule has 1 aliphatic rings. The third kappa shape index (κ3) is 2.39. The van der Waals surface area contributed by atoms with Crippen LogP contribution in [0.2, 0.25) is 5.02 Å². The first kappa shape index (κ1) is 14.6. The molecule has 0 aliphatic carbocycles. The molecule has 3 aromatic rings. The molecule has 3 aromatic carbocycles. The highest BCUT2D eigenvalue weighted by Gasteiger charge is 2.31. The van der Waals surface area contributed by atoms with Crippen LogP contribution >= 0.6 is 11.6 Å². The number of halogens is 1. The zero-order valence-corrected chi connectivity index (χ0v) is 14.7. The molecule has 0 amide bonds. The summed E-state index contributed by atoms with van der Waals surface area (Å²) in [6, 6.07) is 26.0. The SMILES string of the molecule is CCN1c2ccccc2[Si](c2ccc(Cl)cc2)c2ccccc21. The molecule has 4 rings (SSSR count). The van der Waals surface area contributed by atoms with Crippen LogP contribution in [0.5, 0.6) is 0 Å². The maximum atomic E-state index is 6.10. The lowest BCUT2D eigenvalue weighted by Gasteiger charge is -2.36. The molecule has 0 fully saturated rings. The monoisotopic (exact) mass is 334 g/mol. The summed E-state index contributed by atoms with van der Waals surface area (Å²) in [5.41, 5.74) is 2.69. The Morgan fingerprint density at radius 1 is 0.783 bits per heavy atom. The summed E-state index contributed by atoms with van der Waals surface area (Å²) in [5, 5.41) is 5.10. The van der Waals surface area contributed by atoms with Gasteiger partial charge in [-0.15, -0.1) is 0 Å². The minimum Gasteiger partial charge on any atom is -0.342 e. The number of rotatable bonds is 2. The molecule has 3 heteroatoms. The summed E-state index contributed by atoms with van der Waals surface area (Å²) in [6.07, 6.45) is 0. The Morgan fingerprint density at radius 2 is 1.30 bits per heavy atom. The van der Waals surface area contributed by atoms with Crippen molar-refractivity contribution in [1.29, 1.82) is 0 Å². The van der Waals surface area contributed by atoms with Crippen LogP contribution in [0.4, 0.5) is 11.4 Å². The van der Waals surface area contributed by atoms with Gasteiger partial charge in [-0.25, -0.2) is 0 Å². The van der Waals surface area contributed by atoms with Crippen molar-refractivity contribution in [3.8, 4) is 0 Å². The molecule has 0 N–H and O–H groups in total. The van der Waals surface area contributed by atoms with E-state index in [-0.39, 0.29) is 0 Å². The maximum Gasteiger partial charge on any atom is 0.160 e. The zero-order valence-electron chi connectivity index (χ0n) is 13.0. The van der Waals surface area contributed by atoms with E-state index in [9.17, 15) is 0 Å². The van der Waals surface area contributed by atoms with Crippen LogP contribution in [0.25, 0.3) is 0 Å². The number of hydrogen-bond donors (Lipinski definition) is 0. The van der Waals surface area contributed by atoms with Crippen molar-refractivity contribution < 1.29 is 0 Å². The maximum absolute atomic E-state index is 6.10. The Morgan fingerprint density at radius 3 is 1.83 bits per heavy atom. The molecule has 0 atom stereocenters. The molecule has 23 heavy (non-hydrogen) atoms. The predicted molar refractivity (Wildman–Crippen MR) is 102 cm³/mol. The fraction of sp³-hybridized carbons (Fsp3) is 0.100. The zero-order chi connectivity index (χ0) is 15.8. The highest BCUT2D eigenvalue weighted by atomic mass is 35.5. The first-order chi connectivity index (χ1) is 11.3. The van der Waals surface area contributed by atoms with Crippen LogP contribution < -0.4 is 20.5 Å². The van der Waals surface area contributed by atoms with Gasteiger partial charge in [0.15, 0.2) is 8.80 Å². The molecule has 1 nitrogen and oxygen atoms in total. The second-order valence-electron chi connectivity index (χ2n) is 5.66. The van der Waals surface area contributed by atoms with E-state index in [2.05, 4.69) is 72.5 Å². The number of fused-ring (bicyclic) bond motifs is 2. The molecule has 1 aliphatic heterocycles. The van der Waals surface area contributed by atoms with Crippen molar-refractivity contribution in [2.24, 2.45) is 0 Å². The van der Waals surface area contributed by atoms with E-state index in [1.807, 2.05) is 12.1 Å². The molecule has 0 saturated heterocycles. The summed E-state index contributed by atoms with van der Waals surface area (Å²) < 4.78 is 0. The van der Waals surface area contributed by atoms with Crippen molar-refractivity contribution in [1.82, 2.24) is 0 Å². The van der Waals surface area contributed by atoms with Crippen LogP contribution in [-0.2, 0) is 0 Å². The fourth-order valence-corrected chi connectivity index (χ4v) is 6.40. The molecule has 0 bridgehead atoms. The number of hydrogen-bond acceptors (Lipinski definition) is 1. The summed E-state index contributed by atoms with van der Waals surface area (Å²) in [6.45, 7) is 3.19. The third-order valence-electron chi connectivity index (χ3n) is 4.38. The van der Waals surface area contributed by atoms with Crippen LogP contribution in [0.15, 0.2) is 72.8 Å². The minimum absolute atomic E-state index is 0.795. The minimum atomic E-state index is -0.998. The van der Waals surface area contributed by atoms with E-state index in [0.29, 0.717) is 0 Å². The molecule has 0 unspecified atom stereocenters. The van der Waals surface area contributed by atoms with Crippen molar-refractivity contribution in [2.45, 2.75) is 6.92 Å². The van der Waals surface area contributed by atoms with E-state index < -0.39 is 8.80 Å². The molecule has 1 radical (unpaired) electrons. The van der Waals surface area contributed by atoms with Gasteiger partial charge in [-0.05, 0) is 41.6 Å². The molecule has 0 spiro atoms. The van der Waals surface area contributed by atoms with Gasteiger partial charge in [-0.2, -0.15) is 0 Å². The second kappa shape index (κ2) is 5.87. The van der Waals surface area contributed by atoms with Crippen molar-refractivity contribution in [3.05, 3.63) is 77.8 Å². The van der Waals surface area contributed by atoms with Crippen LogP contribution in [-0.4, -0.2) is 15.3 Å². The Balaban J connectivity index is 1.98. The Bertz CT molecular complexity index is 797. The van der Waals surface area contributed by atoms with Gasteiger partial charge in [0.2, 0.25) is 0 Å². The Labute approximate surface area is 143 Å². The van der Waals surface area contributed by atoms with Crippen molar-refractivity contribution >= 4 is 47.3 Å². The number of para-hydroxylation sites is 2. The predicted octanol–water partition coefficient (Wildman–Crippen LogP) is 3.33. The number of anilines is 2. The smallest absolute Gasteiger partial charge is 0.160 e. The van der Waals surface area contributed by atoms with Gasteiger partial charge in [0.25, 0.3) is 0 Å². The van der Waals surface area contributed by atoms with Crippen LogP contribution in [0.1, 0.15) is 6.92 Å². The van der Waals surface area contributed by atoms with Crippen molar-refractivity contribution in [3.63, 3.8) is 0 Å². The molecule has 113 valence electrons. The van der Waals surface area contributed by atoms with E-state index in [1.165, 1.54) is 26.9 Å². The second-order valence-corrected chi connectivity index (χ2v) is 8.50. The van der Waals surface area contributed by atoms with Gasteiger partial charge < -0.3 is 4.90 Å². The first-order valence-corrected chi connectivity index (χ1v) is 9.76. The molecule has 0 saturated carbocycles. The average Bonchev–Trinajstić information content (AvgIpc) is 2.60. The van der Waals surface area contributed by atoms with Crippen molar-refractivity contribution in [2.75, 3.05) is 11.4 Å². The molecular formula is C20H17ClNSi. The standard InChI is InChI=1S/C20H17ClNSi/c1-2-22-17-7-3-5-9-19(17)23(16-13-11-15(21)12-14-16)20-10-6-4-8-18(20)22/h3-14H,2H2,1H3. The largest absolute Gasteiger partial charge is 0.342 e. The number of benzene rings is 3.